The molecule has 218 valence electrons. The van der Waals surface area contributed by atoms with Gasteiger partial charge in [-0.1, -0.05) is 30.3 Å². The number of carbonyl (C=O) groups is 3. The molecule has 0 bridgehead atoms. The Hall–Kier alpha value is -2.73. The Morgan fingerprint density at radius 2 is 1.72 bits per heavy atom. The molecule has 1 N–H and O–H groups in total. The van der Waals surface area contributed by atoms with Crippen molar-refractivity contribution in [3.05, 3.63) is 35.9 Å². The zero-order valence-electron chi connectivity index (χ0n) is 23.8. The number of amides is 1. The molecule has 2 aliphatic heterocycles. The van der Waals surface area contributed by atoms with E-state index in [1.165, 1.54) is 14.2 Å². The minimum absolute atomic E-state index is 0.0964. The zero-order valence-corrected chi connectivity index (χ0v) is 23.8. The summed E-state index contributed by atoms with van der Waals surface area (Å²) in [6.07, 6.45) is -2.70. The first-order valence-corrected chi connectivity index (χ1v) is 13.1. The molecule has 0 saturated carbocycles. The molecular weight excluding hydrogens is 510 g/mol. The van der Waals surface area contributed by atoms with E-state index in [4.69, 9.17) is 33.2 Å². The summed E-state index contributed by atoms with van der Waals surface area (Å²) in [6, 6.07) is 8.52. The Morgan fingerprint density at radius 3 is 2.33 bits per heavy atom. The average molecular weight is 552 g/mol. The van der Waals surface area contributed by atoms with E-state index in [1.807, 2.05) is 44.2 Å². The summed E-state index contributed by atoms with van der Waals surface area (Å²) in [5, 5.41) is 2.52. The molecule has 0 unspecified atom stereocenters. The molecule has 2 fully saturated rings. The molecule has 0 spiro atoms. The summed E-state index contributed by atoms with van der Waals surface area (Å²) in [6.45, 7) is 9.31. The van der Waals surface area contributed by atoms with E-state index in [2.05, 4.69) is 5.32 Å². The minimum atomic E-state index is -1.15. The molecule has 1 aromatic carbocycles. The fraction of sp³-hybridized carbons (Fsp3) is 0.679. The Balaban J connectivity index is 1.80. The minimum Gasteiger partial charge on any atom is -0.469 e. The number of fused-ring (bicyclic) bond motifs is 1. The third-order valence-electron chi connectivity index (χ3n) is 6.42. The van der Waals surface area contributed by atoms with Crippen molar-refractivity contribution >= 4 is 18.0 Å². The summed E-state index contributed by atoms with van der Waals surface area (Å²) < 4.78 is 39.9. The van der Waals surface area contributed by atoms with Gasteiger partial charge in [0.2, 0.25) is 0 Å². The first-order valence-electron chi connectivity index (χ1n) is 13.1. The first kappa shape index (κ1) is 30.8. The van der Waals surface area contributed by atoms with Crippen LogP contribution in [-0.2, 0) is 49.4 Å². The molecule has 0 radical (unpaired) electrons. The molecule has 11 heteroatoms. The lowest BCUT2D eigenvalue weighted by molar-refractivity contribution is -0.188. The summed E-state index contributed by atoms with van der Waals surface area (Å²) in [5.41, 5.74) is 0.188. The van der Waals surface area contributed by atoms with Crippen molar-refractivity contribution in [2.45, 2.75) is 95.9 Å². The second kappa shape index (κ2) is 13.1. The van der Waals surface area contributed by atoms with E-state index in [0.717, 1.165) is 5.56 Å². The summed E-state index contributed by atoms with van der Waals surface area (Å²) in [5.74, 6) is -2.94. The lowest BCUT2D eigenvalue weighted by atomic mass is 9.88. The first-order chi connectivity index (χ1) is 18.3. The van der Waals surface area contributed by atoms with Crippen LogP contribution in [0.25, 0.3) is 0 Å². The summed E-state index contributed by atoms with van der Waals surface area (Å²) in [7, 11) is 2.47. The van der Waals surface area contributed by atoms with Crippen LogP contribution in [-0.4, -0.2) is 80.7 Å². The number of hydrogen-bond donors (Lipinski definition) is 1. The number of hydrogen-bond acceptors (Lipinski definition) is 10. The molecule has 2 heterocycles. The molecule has 1 amide bonds. The van der Waals surface area contributed by atoms with Gasteiger partial charge < -0.3 is 38.5 Å². The average Bonchev–Trinajstić information content (AvgIpc) is 3.19. The Kier molecular flexibility index (Phi) is 10.3. The fourth-order valence-corrected chi connectivity index (χ4v) is 4.79. The molecule has 1 aromatic rings. The van der Waals surface area contributed by atoms with Gasteiger partial charge in [-0.2, -0.15) is 0 Å². The number of alkyl carbamates (subject to hydrolysis) is 1. The third kappa shape index (κ3) is 8.89. The van der Waals surface area contributed by atoms with Gasteiger partial charge in [0.15, 0.2) is 5.79 Å². The lowest BCUT2D eigenvalue weighted by Gasteiger charge is -2.39. The van der Waals surface area contributed by atoms with Crippen LogP contribution in [0.2, 0.25) is 0 Å². The predicted molar refractivity (Wildman–Crippen MR) is 138 cm³/mol. The van der Waals surface area contributed by atoms with Crippen LogP contribution in [0, 0.1) is 5.92 Å². The number of benzene rings is 1. The van der Waals surface area contributed by atoms with E-state index in [-0.39, 0.29) is 25.6 Å². The second-order valence-electron chi connectivity index (χ2n) is 11.2. The number of rotatable bonds is 10. The Labute approximate surface area is 229 Å². The van der Waals surface area contributed by atoms with Gasteiger partial charge in [0.05, 0.1) is 39.5 Å². The monoisotopic (exact) mass is 551 g/mol. The van der Waals surface area contributed by atoms with Crippen molar-refractivity contribution in [1.29, 1.82) is 0 Å². The smallest absolute Gasteiger partial charge is 0.408 e. The van der Waals surface area contributed by atoms with Gasteiger partial charge in [-0.3, -0.25) is 4.79 Å². The SMILES string of the molecule is COC(=O)[C@H](C[C@H](NC(=O)OC(C)(C)C)C(=O)OC)C[C@H]1OC[C@H]2OC(C)(C)O[C@@H]2[C@@H]1OCc1ccccc1. The van der Waals surface area contributed by atoms with Crippen LogP contribution in [0.5, 0.6) is 0 Å². The molecule has 39 heavy (non-hydrogen) atoms. The third-order valence-corrected chi connectivity index (χ3v) is 6.42. The van der Waals surface area contributed by atoms with Gasteiger partial charge in [0, 0.05) is 0 Å². The molecule has 3 rings (SSSR count). The van der Waals surface area contributed by atoms with Gasteiger partial charge in [-0.25, -0.2) is 9.59 Å². The van der Waals surface area contributed by atoms with Crippen molar-refractivity contribution in [1.82, 2.24) is 5.32 Å². The zero-order chi connectivity index (χ0) is 28.8. The maximum atomic E-state index is 12.9. The number of methoxy groups -OCH3 is 2. The molecule has 2 saturated heterocycles. The Morgan fingerprint density at radius 1 is 1.05 bits per heavy atom. The normalized spacial score (nSPS) is 25.6. The van der Waals surface area contributed by atoms with Crippen LogP contribution in [0.15, 0.2) is 30.3 Å². The standard InChI is InChI=1S/C28H41NO10/c1-27(2,3)39-26(32)29-19(25(31)34-7)13-18(24(30)33-6)14-20-22(36-15-17-11-9-8-10-12-17)23-21(16-35-20)37-28(4,5)38-23/h8-12,18-23H,13-16H2,1-7H3,(H,29,32)/t18-,19+,20-,21-,22-,23+/m1/s1. The maximum absolute atomic E-state index is 12.9. The van der Waals surface area contributed by atoms with Crippen molar-refractivity contribution < 1.29 is 47.5 Å². The van der Waals surface area contributed by atoms with Crippen LogP contribution in [0.1, 0.15) is 53.0 Å². The van der Waals surface area contributed by atoms with Crippen molar-refractivity contribution in [2.24, 2.45) is 5.92 Å². The number of nitrogens with one attached hydrogen (secondary N) is 1. The number of carbonyl (C=O) groups excluding carboxylic acids is 3. The highest BCUT2D eigenvalue weighted by atomic mass is 16.8. The highest BCUT2D eigenvalue weighted by Crippen LogP contribution is 2.38. The van der Waals surface area contributed by atoms with Crippen LogP contribution < -0.4 is 5.32 Å². The molecule has 6 atom stereocenters. The number of esters is 2. The molecule has 0 aromatic heterocycles. The lowest BCUT2D eigenvalue weighted by Crippen LogP contribution is -2.54. The van der Waals surface area contributed by atoms with Crippen LogP contribution in [0.3, 0.4) is 0 Å². The maximum Gasteiger partial charge on any atom is 0.408 e. The van der Waals surface area contributed by atoms with Crippen molar-refractivity contribution in [3.63, 3.8) is 0 Å². The van der Waals surface area contributed by atoms with Crippen LogP contribution >= 0.6 is 0 Å². The van der Waals surface area contributed by atoms with Gasteiger partial charge in [0.25, 0.3) is 0 Å². The van der Waals surface area contributed by atoms with Gasteiger partial charge in [0.1, 0.15) is 30.0 Å². The van der Waals surface area contributed by atoms with E-state index < -0.39 is 59.7 Å². The van der Waals surface area contributed by atoms with E-state index >= 15 is 0 Å². The van der Waals surface area contributed by atoms with Crippen molar-refractivity contribution in [3.8, 4) is 0 Å². The quantitative estimate of drug-likeness (QED) is 0.342. The van der Waals surface area contributed by atoms with Gasteiger partial charge >= 0.3 is 18.0 Å². The predicted octanol–water partition coefficient (Wildman–Crippen LogP) is 3.13. The Bertz CT molecular complexity index is 976. The molecule has 0 aliphatic carbocycles. The second-order valence-corrected chi connectivity index (χ2v) is 11.2. The molecule has 11 nitrogen and oxygen atoms in total. The highest BCUT2D eigenvalue weighted by molar-refractivity contribution is 5.82. The van der Waals surface area contributed by atoms with E-state index in [9.17, 15) is 14.4 Å². The molecular formula is C28H41NO10. The topological polar surface area (TPSA) is 128 Å². The molecule has 2 aliphatic rings. The van der Waals surface area contributed by atoms with E-state index in [0.29, 0.717) is 6.61 Å². The largest absolute Gasteiger partial charge is 0.469 e. The fourth-order valence-electron chi connectivity index (χ4n) is 4.79. The van der Waals surface area contributed by atoms with Crippen LogP contribution in [0.4, 0.5) is 4.79 Å². The number of ether oxygens (including phenoxy) is 7. The summed E-state index contributed by atoms with van der Waals surface area (Å²) >= 11 is 0. The highest BCUT2D eigenvalue weighted by Gasteiger charge is 2.52. The van der Waals surface area contributed by atoms with Gasteiger partial charge in [-0.05, 0) is 53.0 Å². The summed E-state index contributed by atoms with van der Waals surface area (Å²) in [4.78, 5) is 37.9. The van der Waals surface area contributed by atoms with Crippen molar-refractivity contribution in [2.75, 3.05) is 20.8 Å². The van der Waals surface area contributed by atoms with Gasteiger partial charge in [-0.15, -0.1) is 0 Å². The van der Waals surface area contributed by atoms with E-state index in [1.54, 1.807) is 20.8 Å².